The second-order valence-electron chi connectivity index (χ2n) is 6.75. The zero-order valence-electron chi connectivity index (χ0n) is 16.6. The molecule has 1 aromatic carbocycles. The second kappa shape index (κ2) is 9.29. The molecule has 8 nitrogen and oxygen atoms in total. The number of anilines is 1. The Morgan fingerprint density at radius 1 is 1.14 bits per heavy atom. The van der Waals surface area contributed by atoms with Gasteiger partial charge < -0.3 is 5.32 Å². The highest BCUT2D eigenvalue weighted by atomic mass is 16.6. The zero-order valence-corrected chi connectivity index (χ0v) is 16.6. The lowest BCUT2D eigenvalue weighted by Gasteiger charge is -2.30. The number of nitrogens with one attached hydrogen (secondary N) is 1. The Bertz CT molecular complexity index is 1030. The number of nitro groups is 1. The fourth-order valence-electron chi connectivity index (χ4n) is 3.54. The predicted octanol–water partition coefficient (Wildman–Crippen LogP) is 2.97. The summed E-state index contributed by atoms with van der Waals surface area (Å²) in [5.41, 5.74) is 0.331. The third-order valence-corrected chi connectivity index (χ3v) is 5.04. The average Bonchev–Trinajstić information content (AvgIpc) is 2.73. The quantitative estimate of drug-likeness (QED) is 0.442. The first-order chi connectivity index (χ1) is 14.0. The van der Waals surface area contributed by atoms with Gasteiger partial charge in [-0.25, -0.2) is 4.98 Å². The molecule has 8 heteroatoms. The fraction of sp³-hybridized carbons (Fsp3) is 0.333. The van der Waals surface area contributed by atoms with Crippen LogP contribution >= 0.6 is 0 Å². The van der Waals surface area contributed by atoms with Gasteiger partial charge in [-0.15, -0.1) is 0 Å². The van der Waals surface area contributed by atoms with E-state index in [1.54, 1.807) is 18.2 Å². The molecule has 0 aliphatic carbocycles. The molecule has 152 valence electrons. The van der Waals surface area contributed by atoms with Gasteiger partial charge in [0.1, 0.15) is 5.65 Å². The molecule has 0 aliphatic rings. The molecule has 0 amide bonds. The Balaban J connectivity index is 1.92. The van der Waals surface area contributed by atoms with Crippen LogP contribution in [0.5, 0.6) is 0 Å². The third-order valence-electron chi connectivity index (χ3n) is 5.04. The van der Waals surface area contributed by atoms with Crippen molar-refractivity contribution in [2.75, 3.05) is 25.0 Å². The molecule has 0 aliphatic heterocycles. The molecule has 0 bridgehead atoms. The van der Waals surface area contributed by atoms with Crippen molar-refractivity contribution in [1.82, 2.24) is 14.3 Å². The summed E-state index contributed by atoms with van der Waals surface area (Å²) in [6.45, 7) is 6.32. The average molecular weight is 395 g/mol. The van der Waals surface area contributed by atoms with Gasteiger partial charge in [-0.2, -0.15) is 0 Å². The molecule has 1 N–H and O–H groups in total. The van der Waals surface area contributed by atoms with Crippen LogP contribution in [0.3, 0.4) is 0 Å². The lowest BCUT2D eigenvalue weighted by atomic mass is 10.0. The minimum Gasteiger partial charge on any atom is -0.363 e. The van der Waals surface area contributed by atoms with Gasteiger partial charge in [-0.1, -0.05) is 50.2 Å². The molecule has 0 saturated carbocycles. The molecule has 29 heavy (non-hydrogen) atoms. The molecule has 0 spiro atoms. The van der Waals surface area contributed by atoms with Crippen LogP contribution in [0.2, 0.25) is 0 Å². The summed E-state index contributed by atoms with van der Waals surface area (Å²) in [7, 11) is 0. The summed E-state index contributed by atoms with van der Waals surface area (Å²) in [4.78, 5) is 30.1. The fourth-order valence-corrected chi connectivity index (χ4v) is 3.54. The topological polar surface area (TPSA) is 92.8 Å². The van der Waals surface area contributed by atoms with Crippen LogP contribution in [0.15, 0.2) is 59.5 Å². The maximum Gasteiger partial charge on any atom is 0.376 e. The molecular formula is C21H25N5O3. The van der Waals surface area contributed by atoms with Crippen molar-refractivity contribution in [2.24, 2.45) is 0 Å². The Morgan fingerprint density at radius 2 is 1.83 bits per heavy atom. The number of aromatic nitrogens is 2. The predicted molar refractivity (Wildman–Crippen MR) is 113 cm³/mol. The van der Waals surface area contributed by atoms with E-state index in [9.17, 15) is 14.9 Å². The highest BCUT2D eigenvalue weighted by molar-refractivity contribution is 5.59. The minimum absolute atomic E-state index is 0.0106. The number of benzene rings is 1. The lowest BCUT2D eigenvalue weighted by molar-refractivity contribution is -0.385. The van der Waals surface area contributed by atoms with Gasteiger partial charge in [0.15, 0.2) is 0 Å². The highest BCUT2D eigenvalue weighted by Crippen LogP contribution is 2.19. The van der Waals surface area contributed by atoms with Gasteiger partial charge in [0.05, 0.1) is 4.92 Å². The van der Waals surface area contributed by atoms with Gasteiger partial charge in [0, 0.05) is 18.8 Å². The van der Waals surface area contributed by atoms with Crippen molar-refractivity contribution in [1.29, 1.82) is 0 Å². The van der Waals surface area contributed by atoms with Gasteiger partial charge in [0.25, 0.3) is 0 Å². The van der Waals surface area contributed by atoms with Crippen molar-refractivity contribution in [3.8, 4) is 0 Å². The van der Waals surface area contributed by atoms with Crippen molar-refractivity contribution in [2.45, 2.75) is 26.3 Å². The van der Waals surface area contributed by atoms with E-state index in [2.05, 4.69) is 41.2 Å². The van der Waals surface area contributed by atoms with Crippen molar-refractivity contribution < 1.29 is 4.92 Å². The van der Waals surface area contributed by atoms with E-state index < -0.39 is 16.2 Å². The number of likely N-dealkylation sites (N-methyl/N-ethyl adjacent to an activating group) is 1. The Labute approximate surface area is 169 Å². The number of fused-ring (bicyclic) bond motifs is 1. The largest absolute Gasteiger partial charge is 0.376 e. The Hall–Kier alpha value is -3.26. The van der Waals surface area contributed by atoms with Crippen LogP contribution in [0.1, 0.15) is 19.4 Å². The van der Waals surface area contributed by atoms with E-state index in [4.69, 9.17) is 0 Å². The van der Waals surface area contributed by atoms with Gasteiger partial charge in [-0.3, -0.25) is 24.2 Å². The van der Waals surface area contributed by atoms with Gasteiger partial charge >= 0.3 is 11.2 Å². The zero-order chi connectivity index (χ0) is 20.8. The number of rotatable bonds is 9. The Kier molecular flexibility index (Phi) is 6.56. The van der Waals surface area contributed by atoms with Crippen LogP contribution in [0, 0.1) is 10.1 Å². The van der Waals surface area contributed by atoms with E-state index in [-0.39, 0.29) is 11.9 Å². The molecule has 2 heterocycles. The molecule has 3 rings (SSSR count). The van der Waals surface area contributed by atoms with Crippen LogP contribution in [-0.4, -0.2) is 44.9 Å². The smallest absolute Gasteiger partial charge is 0.363 e. The number of hydrogen-bond acceptors (Lipinski definition) is 6. The number of pyridine rings is 1. The van der Waals surface area contributed by atoms with Crippen LogP contribution in [-0.2, 0) is 6.42 Å². The van der Waals surface area contributed by atoms with Crippen LogP contribution < -0.4 is 10.9 Å². The normalized spacial score (nSPS) is 12.2. The van der Waals surface area contributed by atoms with Gasteiger partial charge in [-0.05, 0) is 37.2 Å². The SMILES string of the molecule is CCN(CC)C(CNc1nc2ccccn2c(=O)c1[N+](=O)[O-])Cc1ccccc1. The molecule has 1 atom stereocenters. The number of nitrogens with zero attached hydrogens (tertiary/aromatic N) is 4. The summed E-state index contributed by atoms with van der Waals surface area (Å²) in [6, 6.07) is 15.3. The summed E-state index contributed by atoms with van der Waals surface area (Å²) in [6.07, 6.45) is 2.27. The number of hydrogen-bond donors (Lipinski definition) is 1. The summed E-state index contributed by atoms with van der Waals surface area (Å²) < 4.78 is 1.19. The monoisotopic (exact) mass is 395 g/mol. The molecular weight excluding hydrogens is 370 g/mol. The van der Waals surface area contributed by atoms with E-state index >= 15 is 0 Å². The summed E-state index contributed by atoms with van der Waals surface area (Å²) in [5, 5.41) is 14.7. The first-order valence-corrected chi connectivity index (χ1v) is 9.72. The van der Waals surface area contributed by atoms with Crippen LogP contribution in [0.4, 0.5) is 11.5 Å². The maximum absolute atomic E-state index is 12.6. The highest BCUT2D eigenvalue weighted by Gasteiger charge is 2.25. The Morgan fingerprint density at radius 3 is 2.48 bits per heavy atom. The first-order valence-electron chi connectivity index (χ1n) is 9.72. The molecule has 2 aromatic heterocycles. The lowest BCUT2D eigenvalue weighted by Crippen LogP contribution is -2.41. The van der Waals surface area contributed by atoms with E-state index in [0.29, 0.717) is 12.2 Å². The summed E-state index contributed by atoms with van der Waals surface area (Å²) >= 11 is 0. The molecule has 1 unspecified atom stereocenters. The van der Waals surface area contributed by atoms with Crippen molar-refractivity contribution in [3.63, 3.8) is 0 Å². The molecule has 0 radical (unpaired) electrons. The third kappa shape index (κ3) is 4.60. The summed E-state index contributed by atoms with van der Waals surface area (Å²) in [5.74, 6) is 0.0106. The second-order valence-corrected chi connectivity index (χ2v) is 6.75. The minimum atomic E-state index is -0.689. The molecule has 0 saturated heterocycles. The molecule has 3 aromatic rings. The van der Waals surface area contributed by atoms with E-state index in [0.717, 1.165) is 19.5 Å². The molecule has 0 fully saturated rings. The van der Waals surface area contributed by atoms with E-state index in [1.807, 2.05) is 18.2 Å². The van der Waals surface area contributed by atoms with Crippen molar-refractivity contribution in [3.05, 3.63) is 80.8 Å². The van der Waals surface area contributed by atoms with Gasteiger partial charge in [0.2, 0.25) is 5.82 Å². The standard InChI is InChI=1S/C21H25N5O3/c1-3-24(4-2)17(14-16-10-6-5-7-11-16)15-22-20-19(26(28)29)21(27)25-13-9-8-12-18(25)23-20/h5-13,17,22H,3-4,14-15H2,1-2H3. The van der Waals surface area contributed by atoms with Crippen LogP contribution in [0.25, 0.3) is 5.65 Å². The maximum atomic E-state index is 12.6. The van der Waals surface area contributed by atoms with E-state index in [1.165, 1.54) is 16.2 Å². The van der Waals surface area contributed by atoms with Crippen molar-refractivity contribution >= 4 is 17.2 Å². The first kappa shape index (κ1) is 20.5.